The maximum absolute atomic E-state index is 6.90. The Morgan fingerprint density at radius 2 is 1.06 bits per heavy atom. The van der Waals surface area contributed by atoms with Crippen molar-refractivity contribution < 1.29 is 4.42 Å². The van der Waals surface area contributed by atoms with Gasteiger partial charge >= 0.3 is 0 Å². The summed E-state index contributed by atoms with van der Waals surface area (Å²) < 4.78 is 6.90. The number of fused-ring (bicyclic) bond motifs is 10. The highest BCUT2D eigenvalue weighted by Gasteiger charge is 2.35. The van der Waals surface area contributed by atoms with E-state index >= 15 is 0 Å². The molecule has 0 N–H and O–H groups in total. The molecule has 0 aliphatic heterocycles. The average Bonchev–Trinajstić information content (AvgIpc) is 3.73. The van der Waals surface area contributed by atoms with E-state index in [1.165, 1.54) is 38.4 Å². The number of benzene rings is 8. The van der Waals surface area contributed by atoms with Crippen molar-refractivity contribution in [1.29, 1.82) is 0 Å². The lowest BCUT2D eigenvalue weighted by molar-refractivity contribution is 0.660. The van der Waals surface area contributed by atoms with Gasteiger partial charge in [-0.2, -0.15) is 0 Å². The quantitative estimate of drug-likeness (QED) is 0.173. The number of para-hydroxylation sites is 1. The summed E-state index contributed by atoms with van der Waals surface area (Å²) in [6, 6.07) is 60.5. The predicted molar refractivity (Wildman–Crippen MR) is 224 cm³/mol. The van der Waals surface area contributed by atoms with E-state index in [-0.39, 0.29) is 5.41 Å². The first kappa shape index (κ1) is 30.8. The summed E-state index contributed by atoms with van der Waals surface area (Å²) in [6.07, 6.45) is 0. The number of hydrogen-bond donors (Lipinski definition) is 0. The van der Waals surface area contributed by atoms with Crippen molar-refractivity contribution in [2.24, 2.45) is 0 Å². The minimum Gasteiger partial charge on any atom is -0.455 e. The third-order valence-electron chi connectivity index (χ3n) is 11.5. The molecule has 0 unspecified atom stereocenters. The van der Waals surface area contributed by atoms with Crippen molar-refractivity contribution >= 4 is 43.5 Å². The molecule has 10 aromatic rings. The van der Waals surface area contributed by atoms with Crippen LogP contribution >= 0.6 is 0 Å². The SMILES string of the molecule is CC1(C)c2ccccc2-c2ccc(-c3cc(-c4ccccc4)nc(-c4cccc(-c5cccc6c5oc5c6ccc6ccc7ccccc7c65)c4)n3)cc21. The minimum atomic E-state index is -0.106. The van der Waals surface area contributed by atoms with Gasteiger partial charge in [0.05, 0.1) is 11.4 Å². The van der Waals surface area contributed by atoms with Crippen LogP contribution in [0.15, 0.2) is 174 Å². The average molecular weight is 691 g/mol. The summed E-state index contributed by atoms with van der Waals surface area (Å²) in [5.74, 6) is 0.686. The summed E-state index contributed by atoms with van der Waals surface area (Å²) >= 11 is 0. The number of furan rings is 1. The van der Waals surface area contributed by atoms with Gasteiger partial charge in [-0.05, 0) is 68.2 Å². The van der Waals surface area contributed by atoms with E-state index in [9.17, 15) is 0 Å². The second-order valence-electron chi connectivity index (χ2n) is 15.0. The molecule has 1 aliphatic rings. The van der Waals surface area contributed by atoms with Crippen LogP contribution in [0, 0.1) is 0 Å². The standard InChI is InChI=1S/C51H34N2O/c1-51(2)43-21-9-8-18-39(43)40-26-25-35(29-44(40)51)46-30-45(32-13-4-3-5-14-32)52-50(53-46)36-16-10-15-34(28-36)38-19-11-20-41-42-27-24-33-23-22-31-12-6-7-17-37(31)47(33)49(42)54-48(38)41/h3-30H,1-2H3. The Morgan fingerprint density at radius 1 is 0.407 bits per heavy atom. The van der Waals surface area contributed by atoms with E-state index in [1.807, 2.05) is 6.07 Å². The number of hydrogen-bond acceptors (Lipinski definition) is 3. The van der Waals surface area contributed by atoms with Gasteiger partial charge in [0.25, 0.3) is 0 Å². The number of rotatable bonds is 4. The van der Waals surface area contributed by atoms with Gasteiger partial charge in [-0.3, -0.25) is 0 Å². The van der Waals surface area contributed by atoms with Crippen LogP contribution in [-0.4, -0.2) is 9.97 Å². The van der Waals surface area contributed by atoms with Gasteiger partial charge in [-0.15, -0.1) is 0 Å². The van der Waals surface area contributed by atoms with Gasteiger partial charge in [-0.25, -0.2) is 9.97 Å². The van der Waals surface area contributed by atoms with Crippen molar-refractivity contribution in [3.8, 4) is 56.2 Å². The zero-order valence-corrected chi connectivity index (χ0v) is 30.0. The summed E-state index contributed by atoms with van der Waals surface area (Å²) in [5, 5.41) is 6.96. The Labute approximate surface area is 313 Å². The molecule has 3 heteroatoms. The third kappa shape index (κ3) is 4.61. The minimum absolute atomic E-state index is 0.106. The normalized spacial score (nSPS) is 13.1. The first-order chi connectivity index (χ1) is 26.5. The Balaban J connectivity index is 1.07. The van der Waals surface area contributed by atoms with Crippen molar-refractivity contribution in [1.82, 2.24) is 9.97 Å². The largest absolute Gasteiger partial charge is 0.455 e. The molecule has 0 saturated heterocycles. The lowest BCUT2D eigenvalue weighted by Gasteiger charge is -2.22. The zero-order valence-electron chi connectivity index (χ0n) is 30.0. The fourth-order valence-electron chi connectivity index (χ4n) is 8.74. The summed E-state index contributed by atoms with van der Waals surface area (Å²) in [4.78, 5) is 10.5. The van der Waals surface area contributed by atoms with Gasteiger partial charge in [-0.1, -0.05) is 159 Å². The summed E-state index contributed by atoms with van der Waals surface area (Å²) in [5.41, 5.74) is 14.0. The highest BCUT2D eigenvalue weighted by Crippen LogP contribution is 2.49. The van der Waals surface area contributed by atoms with Crippen molar-refractivity contribution in [2.45, 2.75) is 19.3 Å². The van der Waals surface area contributed by atoms with Crippen molar-refractivity contribution in [2.75, 3.05) is 0 Å². The topological polar surface area (TPSA) is 38.9 Å². The van der Waals surface area contributed by atoms with E-state index in [0.29, 0.717) is 5.82 Å². The molecule has 2 aromatic heterocycles. The summed E-state index contributed by atoms with van der Waals surface area (Å²) in [6.45, 7) is 4.64. The van der Waals surface area contributed by atoms with Gasteiger partial charge < -0.3 is 4.42 Å². The number of nitrogens with zero attached hydrogens (tertiary/aromatic N) is 2. The Bertz CT molecular complexity index is 3130. The first-order valence-corrected chi connectivity index (χ1v) is 18.6. The second kappa shape index (κ2) is 11.6. The molecule has 0 atom stereocenters. The van der Waals surface area contributed by atoms with E-state index < -0.39 is 0 Å². The zero-order chi connectivity index (χ0) is 36.0. The fourth-order valence-corrected chi connectivity index (χ4v) is 8.74. The van der Waals surface area contributed by atoms with Gasteiger partial charge in [0.1, 0.15) is 11.2 Å². The molecular weight excluding hydrogens is 657 g/mol. The van der Waals surface area contributed by atoms with Crippen molar-refractivity contribution in [3.05, 3.63) is 181 Å². The van der Waals surface area contributed by atoms with E-state index in [1.54, 1.807) is 0 Å². The molecule has 0 bridgehead atoms. The van der Waals surface area contributed by atoms with Crippen LogP contribution in [0.3, 0.4) is 0 Å². The molecule has 11 rings (SSSR count). The Kier molecular flexibility index (Phi) is 6.60. The monoisotopic (exact) mass is 690 g/mol. The Hall–Kier alpha value is -6.84. The molecule has 0 radical (unpaired) electrons. The molecule has 0 amide bonds. The van der Waals surface area contributed by atoms with Crippen LogP contribution in [0.4, 0.5) is 0 Å². The summed E-state index contributed by atoms with van der Waals surface area (Å²) in [7, 11) is 0. The van der Waals surface area contributed by atoms with Gasteiger partial charge in [0.15, 0.2) is 5.82 Å². The predicted octanol–water partition coefficient (Wildman–Crippen LogP) is 13.7. The van der Waals surface area contributed by atoms with Crippen LogP contribution in [0.1, 0.15) is 25.0 Å². The van der Waals surface area contributed by atoms with Crippen molar-refractivity contribution in [3.63, 3.8) is 0 Å². The first-order valence-electron chi connectivity index (χ1n) is 18.6. The van der Waals surface area contributed by atoms with Crippen LogP contribution < -0.4 is 0 Å². The van der Waals surface area contributed by atoms with Gasteiger partial charge in [0, 0.05) is 43.8 Å². The van der Waals surface area contributed by atoms with E-state index in [0.717, 1.165) is 66.5 Å². The molecule has 1 aliphatic carbocycles. The second-order valence-corrected chi connectivity index (χ2v) is 15.0. The maximum atomic E-state index is 6.90. The van der Waals surface area contributed by atoms with Gasteiger partial charge in [0.2, 0.25) is 0 Å². The van der Waals surface area contributed by atoms with Crippen LogP contribution in [0.25, 0.3) is 99.6 Å². The molecule has 0 spiro atoms. The highest BCUT2D eigenvalue weighted by molar-refractivity contribution is 6.24. The molecule has 8 aromatic carbocycles. The maximum Gasteiger partial charge on any atom is 0.160 e. The lowest BCUT2D eigenvalue weighted by Crippen LogP contribution is -2.14. The molecule has 3 nitrogen and oxygen atoms in total. The lowest BCUT2D eigenvalue weighted by atomic mass is 9.82. The third-order valence-corrected chi connectivity index (χ3v) is 11.5. The molecule has 2 heterocycles. The van der Waals surface area contributed by atoms with Crippen LogP contribution in [-0.2, 0) is 5.41 Å². The number of aromatic nitrogens is 2. The van der Waals surface area contributed by atoms with E-state index in [2.05, 4.69) is 178 Å². The molecular formula is C51H34N2O. The van der Waals surface area contributed by atoms with Crippen LogP contribution in [0.2, 0.25) is 0 Å². The molecule has 54 heavy (non-hydrogen) atoms. The smallest absolute Gasteiger partial charge is 0.160 e. The molecule has 0 saturated carbocycles. The fraction of sp³-hybridized carbons (Fsp3) is 0.0588. The highest BCUT2D eigenvalue weighted by atomic mass is 16.3. The Morgan fingerprint density at radius 3 is 1.96 bits per heavy atom. The van der Waals surface area contributed by atoms with E-state index in [4.69, 9.17) is 14.4 Å². The van der Waals surface area contributed by atoms with Crippen LogP contribution in [0.5, 0.6) is 0 Å². The molecule has 254 valence electrons. The molecule has 0 fully saturated rings.